The summed E-state index contributed by atoms with van der Waals surface area (Å²) >= 11 is 0. The van der Waals surface area contributed by atoms with Gasteiger partial charge >= 0.3 is 6.09 Å². The van der Waals surface area contributed by atoms with Crippen LogP contribution in [-0.2, 0) is 9.47 Å². The average molecular weight is 467 g/mol. The van der Waals surface area contributed by atoms with Crippen LogP contribution in [0.5, 0.6) is 0 Å². The zero-order chi connectivity index (χ0) is 23.9. The summed E-state index contributed by atoms with van der Waals surface area (Å²) in [5.41, 5.74) is 6.43. The van der Waals surface area contributed by atoms with Crippen molar-refractivity contribution in [3.63, 3.8) is 0 Å². The van der Waals surface area contributed by atoms with Gasteiger partial charge in [0.1, 0.15) is 18.5 Å². The molecule has 174 valence electrons. The molecule has 1 saturated heterocycles. The molecule has 2 heterocycles. The third kappa shape index (κ3) is 3.69. The number of nitriles is 1. The molecule has 0 spiro atoms. The third-order valence-corrected chi connectivity index (χ3v) is 7.21. The van der Waals surface area contributed by atoms with Crippen molar-refractivity contribution in [2.75, 3.05) is 19.8 Å². The van der Waals surface area contributed by atoms with Crippen LogP contribution < -0.4 is 0 Å². The summed E-state index contributed by atoms with van der Waals surface area (Å²) in [6.45, 7) is 1.03. The smallest absolute Gasteiger partial charge is 0.410 e. The molecule has 2 atom stereocenters. The first-order valence-corrected chi connectivity index (χ1v) is 11.8. The molecule has 3 aliphatic rings. The molecule has 0 aromatic heterocycles. The topological polar surface area (TPSA) is 62.6 Å². The Bertz CT molecular complexity index is 1350. The Kier molecular flexibility index (Phi) is 5.35. The summed E-state index contributed by atoms with van der Waals surface area (Å²) < 4.78 is 25.8. The van der Waals surface area contributed by atoms with Crippen LogP contribution >= 0.6 is 0 Å². The summed E-state index contributed by atoms with van der Waals surface area (Å²) in [4.78, 5) is 15.1. The molecule has 2 aliphatic heterocycles. The highest BCUT2D eigenvalue weighted by Gasteiger charge is 2.40. The van der Waals surface area contributed by atoms with Crippen LogP contribution in [-0.4, -0.2) is 42.9 Å². The third-order valence-electron chi connectivity index (χ3n) is 7.21. The minimum Gasteiger partial charge on any atom is -0.448 e. The highest BCUT2D eigenvalue weighted by atomic mass is 19.1. The van der Waals surface area contributed by atoms with E-state index in [1.54, 1.807) is 11.0 Å². The van der Waals surface area contributed by atoms with Gasteiger partial charge in [0, 0.05) is 5.92 Å². The van der Waals surface area contributed by atoms with Crippen molar-refractivity contribution in [2.45, 2.75) is 24.4 Å². The van der Waals surface area contributed by atoms with Gasteiger partial charge in [-0.05, 0) is 51.9 Å². The van der Waals surface area contributed by atoms with Crippen molar-refractivity contribution in [1.82, 2.24) is 4.90 Å². The summed E-state index contributed by atoms with van der Waals surface area (Å²) in [6, 6.07) is 22.5. The van der Waals surface area contributed by atoms with Crippen LogP contribution in [0.2, 0.25) is 0 Å². The lowest BCUT2D eigenvalue weighted by Crippen LogP contribution is -2.56. The molecule has 5 nitrogen and oxygen atoms in total. The lowest BCUT2D eigenvalue weighted by atomic mass is 9.89. The molecule has 0 saturated carbocycles. The number of rotatable bonds is 3. The Morgan fingerprint density at radius 1 is 1.06 bits per heavy atom. The van der Waals surface area contributed by atoms with Gasteiger partial charge in [-0.25, -0.2) is 9.18 Å². The molecule has 0 radical (unpaired) electrons. The first-order chi connectivity index (χ1) is 17.1. The number of carbonyl (C=O) groups excluding carboxylic acids is 1. The predicted octanol–water partition coefficient (Wildman–Crippen LogP) is 5.50. The van der Waals surface area contributed by atoms with Gasteiger partial charge in [0.15, 0.2) is 0 Å². The molecule has 6 rings (SSSR count). The molecule has 6 heteroatoms. The van der Waals surface area contributed by atoms with Gasteiger partial charge in [-0.3, -0.25) is 4.90 Å². The number of halogens is 1. The summed E-state index contributed by atoms with van der Waals surface area (Å²) in [5.74, 6) is -0.536. The molecule has 1 amide bonds. The minimum absolute atomic E-state index is 0.0000387. The fourth-order valence-corrected chi connectivity index (χ4v) is 5.57. The fourth-order valence-electron chi connectivity index (χ4n) is 5.57. The SMILES string of the molecule is N#Cc1ccc(C2=CC3COCC(C2)N3C(=O)OCC2c3ccccc3-c3ccccc32)cc1F. The molecule has 2 bridgehead atoms. The highest BCUT2D eigenvalue weighted by Crippen LogP contribution is 2.44. The van der Waals surface area contributed by atoms with Crippen molar-refractivity contribution in [3.8, 4) is 17.2 Å². The maximum atomic E-state index is 14.2. The molecular formula is C29H23FN2O3. The number of hydrogen-bond donors (Lipinski definition) is 0. The van der Waals surface area contributed by atoms with Gasteiger partial charge in [-0.1, -0.05) is 60.7 Å². The zero-order valence-corrected chi connectivity index (χ0v) is 19.0. The van der Waals surface area contributed by atoms with Gasteiger partial charge in [0.05, 0.1) is 30.9 Å². The summed E-state index contributed by atoms with van der Waals surface area (Å²) in [7, 11) is 0. The van der Waals surface area contributed by atoms with Gasteiger partial charge < -0.3 is 9.47 Å². The van der Waals surface area contributed by atoms with Crippen molar-refractivity contribution >= 4 is 11.7 Å². The van der Waals surface area contributed by atoms with E-state index in [1.165, 1.54) is 34.4 Å². The average Bonchev–Trinajstić information content (AvgIpc) is 3.20. The largest absolute Gasteiger partial charge is 0.448 e. The number of carbonyl (C=O) groups is 1. The lowest BCUT2D eigenvalue weighted by Gasteiger charge is -2.44. The van der Waals surface area contributed by atoms with E-state index in [1.807, 2.05) is 36.4 Å². The van der Waals surface area contributed by atoms with E-state index < -0.39 is 5.82 Å². The van der Waals surface area contributed by atoms with E-state index >= 15 is 0 Å². The molecule has 3 aromatic rings. The van der Waals surface area contributed by atoms with Crippen LogP contribution in [0.15, 0.2) is 72.8 Å². The van der Waals surface area contributed by atoms with Gasteiger partial charge in [0.25, 0.3) is 0 Å². The van der Waals surface area contributed by atoms with Crippen LogP contribution in [0.4, 0.5) is 9.18 Å². The Morgan fingerprint density at radius 3 is 2.43 bits per heavy atom. The van der Waals surface area contributed by atoms with Gasteiger partial charge in [-0.2, -0.15) is 5.26 Å². The quantitative estimate of drug-likeness (QED) is 0.511. The Balaban J connectivity index is 1.22. The molecule has 1 aliphatic carbocycles. The molecule has 3 aromatic carbocycles. The maximum absolute atomic E-state index is 14.2. The maximum Gasteiger partial charge on any atom is 0.410 e. The summed E-state index contributed by atoms with van der Waals surface area (Å²) in [6.07, 6.45) is 2.13. The molecule has 1 fully saturated rings. The lowest BCUT2D eigenvalue weighted by molar-refractivity contribution is -0.0331. The van der Waals surface area contributed by atoms with Crippen LogP contribution in [0.1, 0.15) is 34.6 Å². The van der Waals surface area contributed by atoms with Crippen molar-refractivity contribution in [2.24, 2.45) is 0 Å². The van der Waals surface area contributed by atoms with E-state index in [0.717, 1.165) is 11.1 Å². The number of hydrogen-bond acceptors (Lipinski definition) is 4. The minimum atomic E-state index is -0.536. The van der Waals surface area contributed by atoms with Gasteiger partial charge in [-0.15, -0.1) is 0 Å². The number of fused-ring (bicyclic) bond motifs is 5. The monoisotopic (exact) mass is 466 g/mol. The van der Waals surface area contributed by atoms with E-state index in [0.29, 0.717) is 19.6 Å². The second-order valence-corrected chi connectivity index (χ2v) is 9.17. The van der Waals surface area contributed by atoms with E-state index in [2.05, 4.69) is 24.3 Å². The molecule has 0 N–H and O–H groups in total. The second-order valence-electron chi connectivity index (χ2n) is 9.17. The Morgan fingerprint density at radius 2 is 1.77 bits per heavy atom. The van der Waals surface area contributed by atoms with Crippen LogP contribution in [0.25, 0.3) is 16.7 Å². The van der Waals surface area contributed by atoms with E-state index in [9.17, 15) is 9.18 Å². The Labute approximate surface area is 203 Å². The van der Waals surface area contributed by atoms with Crippen molar-refractivity contribution in [3.05, 3.63) is 101 Å². The number of morpholine rings is 1. The number of amides is 1. The number of benzene rings is 3. The second kappa shape index (κ2) is 8.68. The van der Waals surface area contributed by atoms with E-state index in [-0.39, 0.29) is 36.3 Å². The van der Waals surface area contributed by atoms with Crippen LogP contribution in [0.3, 0.4) is 0 Å². The van der Waals surface area contributed by atoms with Crippen molar-refractivity contribution < 1.29 is 18.7 Å². The number of ether oxygens (including phenoxy) is 2. The predicted molar refractivity (Wildman–Crippen MR) is 129 cm³/mol. The normalized spacial score (nSPS) is 20.5. The van der Waals surface area contributed by atoms with Gasteiger partial charge in [0.2, 0.25) is 0 Å². The first kappa shape index (κ1) is 21.6. The van der Waals surface area contributed by atoms with Crippen LogP contribution in [0, 0.1) is 17.1 Å². The fraction of sp³-hybridized carbons (Fsp3) is 0.241. The molecule has 35 heavy (non-hydrogen) atoms. The summed E-state index contributed by atoms with van der Waals surface area (Å²) in [5, 5.41) is 9.01. The zero-order valence-electron chi connectivity index (χ0n) is 19.0. The highest BCUT2D eigenvalue weighted by molar-refractivity contribution is 5.79. The standard InChI is InChI=1S/C29H23FN2O3/c30-28-13-18(9-10-19(28)14-31)20-11-21-15-34-16-22(12-20)32(21)29(33)35-17-27-25-7-3-1-5-23(25)24-6-2-4-8-26(24)27/h1-11,13,21-22,27H,12,15-17H2. The Hall–Kier alpha value is -3.95. The first-order valence-electron chi connectivity index (χ1n) is 11.8. The van der Waals surface area contributed by atoms with Crippen molar-refractivity contribution in [1.29, 1.82) is 5.26 Å². The van der Waals surface area contributed by atoms with E-state index in [4.69, 9.17) is 14.7 Å². The molecule has 2 unspecified atom stereocenters. The molecular weight excluding hydrogens is 443 g/mol. The number of nitrogens with zero attached hydrogens (tertiary/aromatic N) is 2.